The van der Waals surface area contributed by atoms with Gasteiger partial charge in [-0.1, -0.05) is 129 Å². The van der Waals surface area contributed by atoms with Crippen molar-refractivity contribution in [1.82, 2.24) is 0 Å². The Labute approximate surface area is 227 Å². The van der Waals surface area contributed by atoms with E-state index in [1.165, 1.54) is 0 Å². The van der Waals surface area contributed by atoms with Gasteiger partial charge in [0.2, 0.25) is 0 Å². The van der Waals surface area contributed by atoms with Gasteiger partial charge in [0.1, 0.15) is 5.60 Å². The quantitative estimate of drug-likeness (QED) is 0.143. The molecule has 38 heavy (non-hydrogen) atoms. The summed E-state index contributed by atoms with van der Waals surface area (Å²) in [4.78, 5) is 0. The molecule has 3 aromatic carbocycles. The molecule has 1 saturated carbocycles. The zero-order valence-corrected chi connectivity index (χ0v) is 22.4. The van der Waals surface area contributed by atoms with E-state index >= 15 is 0 Å². The second-order valence-electron chi connectivity index (χ2n) is 10.5. The SMILES string of the molecule is CCCCC[C@@H](O)/C=C/[C@H]1[C@H](CCOC(c2ccccc2)(c2ccccc2)c2ccccc2)[C@@H](O)C[C@H]1O. The van der Waals surface area contributed by atoms with E-state index in [1.54, 1.807) is 6.08 Å². The molecule has 1 aliphatic rings. The number of aliphatic hydroxyl groups excluding tert-OH is 3. The lowest BCUT2D eigenvalue weighted by molar-refractivity contribution is -0.00563. The summed E-state index contributed by atoms with van der Waals surface area (Å²) < 4.78 is 6.91. The number of unbranched alkanes of at least 4 members (excludes halogenated alkanes) is 2. The first-order chi connectivity index (χ1) is 18.6. The third-order valence-electron chi connectivity index (χ3n) is 7.89. The molecular weight excluding hydrogens is 472 g/mol. The third kappa shape index (κ3) is 6.62. The van der Waals surface area contributed by atoms with Crippen LogP contribution in [0.5, 0.6) is 0 Å². The number of benzene rings is 3. The summed E-state index contributed by atoms with van der Waals surface area (Å²) >= 11 is 0. The van der Waals surface area contributed by atoms with E-state index in [0.717, 1.165) is 42.4 Å². The van der Waals surface area contributed by atoms with Gasteiger partial charge < -0.3 is 20.1 Å². The van der Waals surface area contributed by atoms with Crippen molar-refractivity contribution in [3.8, 4) is 0 Å². The Morgan fingerprint density at radius 2 is 1.34 bits per heavy atom. The summed E-state index contributed by atoms with van der Waals surface area (Å²) in [6, 6.07) is 30.8. The Hall–Kier alpha value is -2.76. The number of hydrogen-bond acceptors (Lipinski definition) is 4. The van der Waals surface area contributed by atoms with Gasteiger partial charge >= 0.3 is 0 Å². The fourth-order valence-electron chi connectivity index (χ4n) is 5.85. The predicted octanol–water partition coefficient (Wildman–Crippen LogP) is 6.24. The van der Waals surface area contributed by atoms with Crippen LogP contribution >= 0.6 is 0 Å². The minimum Gasteiger partial charge on any atom is -0.393 e. The topological polar surface area (TPSA) is 69.9 Å². The lowest BCUT2D eigenvalue weighted by Crippen LogP contribution is -2.34. The maximum absolute atomic E-state index is 10.8. The van der Waals surface area contributed by atoms with Gasteiger partial charge in [0.25, 0.3) is 0 Å². The molecule has 1 fully saturated rings. The highest BCUT2D eigenvalue weighted by Gasteiger charge is 2.42. The summed E-state index contributed by atoms with van der Waals surface area (Å²) in [5.74, 6) is -0.363. The van der Waals surface area contributed by atoms with Crippen LogP contribution in [-0.4, -0.2) is 40.2 Å². The molecule has 0 unspecified atom stereocenters. The van der Waals surface area contributed by atoms with E-state index in [0.29, 0.717) is 19.4 Å². The molecule has 0 spiro atoms. The van der Waals surface area contributed by atoms with E-state index in [4.69, 9.17) is 4.74 Å². The normalized spacial score (nSPS) is 22.6. The molecule has 0 radical (unpaired) electrons. The highest BCUT2D eigenvalue weighted by atomic mass is 16.5. The number of ether oxygens (including phenoxy) is 1. The van der Waals surface area contributed by atoms with Crippen LogP contribution < -0.4 is 0 Å². The maximum Gasteiger partial charge on any atom is 0.143 e. The molecule has 3 N–H and O–H groups in total. The lowest BCUT2D eigenvalue weighted by atomic mass is 9.80. The monoisotopic (exact) mass is 514 g/mol. The number of hydrogen-bond donors (Lipinski definition) is 3. The second-order valence-corrected chi connectivity index (χ2v) is 10.5. The third-order valence-corrected chi connectivity index (χ3v) is 7.89. The van der Waals surface area contributed by atoms with Gasteiger partial charge in [0.05, 0.1) is 18.3 Å². The first-order valence-corrected chi connectivity index (χ1v) is 14.1. The molecule has 202 valence electrons. The zero-order valence-electron chi connectivity index (χ0n) is 22.4. The van der Waals surface area contributed by atoms with Crippen molar-refractivity contribution < 1.29 is 20.1 Å². The Balaban J connectivity index is 1.57. The molecule has 1 aliphatic carbocycles. The first-order valence-electron chi connectivity index (χ1n) is 14.1. The van der Waals surface area contributed by atoms with Crippen molar-refractivity contribution >= 4 is 0 Å². The molecule has 5 atom stereocenters. The van der Waals surface area contributed by atoms with Gasteiger partial charge in [-0.25, -0.2) is 0 Å². The van der Waals surface area contributed by atoms with Crippen LogP contribution in [0.2, 0.25) is 0 Å². The summed E-state index contributed by atoms with van der Waals surface area (Å²) in [5, 5.41) is 31.9. The van der Waals surface area contributed by atoms with E-state index in [9.17, 15) is 15.3 Å². The molecule has 3 aromatic rings. The lowest BCUT2D eigenvalue weighted by Gasteiger charge is -2.36. The van der Waals surface area contributed by atoms with Gasteiger partial charge in [0.15, 0.2) is 0 Å². The molecule has 0 aromatic heterocycles. The molecule has 4 rings (SSSR count). The minimum atomic E-state index is -0.813. The van der Waals surface area contributed by atoms with Crippen LogP contribution in [0.25, 0.3) is 0 Å². The van der Waals surface area contributed by atoms with Gasteiger partial charge in [-0.2, -0.15) is 0 Å². The largest absolute Gasteiger partial charge is 0.393 e. The van der Waals surface area contributed by atoms with E-state index in [2.05, 4.69) is 43.3 Å². The van der Waals surface area contributed by atoms with Crippen LogP contribution in [0, 0.1) is 11.8 Å². The van der Waals surface area contributed by atoms with E-state index in [-0.39, 0.29) is 11.8 Å². The van der Waals surface area contributed by atoms with Crippen molar-refractivity contribution in [3.63, 3.8) is 0 Å². The molecular formula is C34H42O4. The molecule has 0 bridgehead atoms. The second kappa shape index (κ2) is 13.9. The molecule has 0 heterocycles. The Morgan fingerprint density at radius 3 is 1.84 bits per heavy atom. The summed E-state index contributed by atoms with van der Waals surface area (Å²) in [7, 11) is 0. The molecule has 0 amide bonds. The Bertz CT molecular complexity index is 1000. The van der Waals surface area contributed by atoms with Crippen LogP contribution in [0.3, 0.4) is 0 Å². The van der Waals surface area contributed by atoms with Crippen molar-refractivity contribution in [2.24, 2.45) is 11.8 Å². The first kappa shape index (κ1) is 28.3. The van der Waals surface area contributed by atoms with E-state index < -0.39 is 23.9 Å². The summed E-state index contributed by atoms with van der Waals surface area (Å²) in [6.07, 6.45) is 6.80. The van der Waals surface area contributed by atoms with E-state index in [1.807, 2.05) is 60.7 Å². The molecule has 0 aliphatic heterocycles. The summed E-state index contributed by atoms with van der Waals surface area (Å²) in [6.45, 7) is 2.55. The maximum atomic E-state index is 10.8. The van der Waals surface area contributed by atoms with Crippen molar-refractivity contribution in [2.45, 2.75) is 69.4 Å². The average molecular weight is 515 g/mol. The summed E-state index contributed by atoms with van der Waals surface area (Å²) in [5.41, 5.74) is 2.30. The number of aliphatic hydroxyl groups is 3. The predicted molar refractivity (Wildman–Crippen MR) is 153 cm³/mol. The standard InChI is InChI=1S/C34H42O4/c1-2-3-7-20-29(35)21-22-30-31(33(37)25-32(30)36)23-24-38-34(26-14-8-4-9-15-26,27-16-10-5-11-17-27)28-18-12-6-13-19-28/h4-6,8-19,21-22,29-33,35-37H,2-3,7,20,23-25H2,1H3/b22-21+/t29-,30+,31+,32-,33+/m1/s1. The molecule has 0 saturated heterocycles. The van der Waals surface area contributed by atoms with Crippen LogP contribution in [-0.2, 0) is 10.3 Å². The van der Waals surface area contributed by atoms with Gasteiger partial charge in [0, 0.05) is 18.9 Å². The van der Waals surface area contributed by atoms with Crippen LogP contribution in [0.4, 0.5) is 0 Å². The fourth-order valence-corrected chi connectivity index (χ4v) is 5.85. The van der Waals surface area contributed by atoms with Crippen molar-refractivity contribution in [2.75, 3.05) is 6.61 Å². The Morgan fingerprint density at radius 1 is 0.816 bits per heavy atom. The smallest absolute Gasteiger partial charge is 0.143 e. The van der Waals surface area contributed by atoms with Crippen molar-refractivity contribution in [1.29, 1.82) is 0 Å². The highest BCUT2D eigenvalue weighted by Crippen LogP contribution is 2.42. The Kier molecular flexibility index (Phi) is 10.3. The van der Waals surface area contributed by atoms with Gasteiger partial charge in [-0.15, -0.1) is 0 Å². The average Bonchev–Trinajstić information content (AvgIpc) is 3.23. The minimum absolute atomic E-state index is 0.149. The van der Waals surface area contributed by atoms with Gasteiger partial charge in [-0.3, -0.25) is 0 Å². The van der Waals surface area contributed by atoms with Crippen molar-refractivity contribution in [3.05, 3.63) is 120 Å². The van der Waals surface area contributed by atoms with Crippen LogP contribution in [0.1, 0.15) is 62.1 Å². The van der Waals surface area contributed by atoms with Crippen LogP contribution in [0.15, 0.2) is 103 Å². The van der Waals surface area contributed by atoms with Gasteiger partial charge in [-0.05, 0) is 35.4 Å². The molecule has 4 heteroatoms. The molecule has 4 nitrogen and oxygen atoms in total. The highest BCUT2D eigenvalue weighted by molar-refractivity contribution is 5.47. The zero-order chi connectivity index (χ0) is 26.8. The number of rotatable bonds is 13. The fraction of sp³-hybridized carbons (Fsp3) is 0.412.